The third-order valence-electron chi connectivity index (χ3n) is 6.16. The second-order valence-electron chi connectivity index (χ2n) is 8.59. The number of carbonyl (C=O) groups is 2. The number of nitrogens with two attached hydrogens (primary N) is 1. The number of benzene rings is 1. The van der Waals surface area contributed by atoms with Gasteiger partial charge in [0.15, 0.2) is 0 Å². The summed E-state index contributed by atoms with van der Waals surface area (Å²) in [4.78, 5) is 37.9. The second-order valence-corrected chi connectivity index (χ2v) is 9.59. The van der Waals surface area contributed by atoms with Crippen LogP contribution in [0.2, 0.25) is 0 Å². The van der Waals surface area contributed by atoms with Crippen molar-refractivity contribution in [2.45, 2.75) is 19.0 Å². The maximum atomic E-state index is 13.4. The summed E-state index contributed by atoms with van der Waals surface area (Å²) in [7, 11) is 0. The van der Waals surface area contributed by atoms with Crippen LogP contribution >= 0.6 is 11.3 Å². The summed E-state index contributed by atoms with van der Waals surface area (Å²) >= 11 is 1.22. The average Bonchev–Trinajstić information content (AvgIpc) is 3.45. The fourth-order valence-electron chi connectivity index (χ4n) is 4.36. The number of hydrogen-bond donors (Lipinski definition) is 3. The number of para-hydroxylation sites is 1. The van der Waals surface area contributed by atoms with Crippen molar-refractivity contribution in [1.29, 1.82) is 0 Å². The van der Waals surface area contributed by atoms with E-state index in [4.69, 9.17) is 15.2 Å². The number of nitrogens with one attached hydrogen (secondary N) is 2. The fourth-order valence-corrected chi connectivity index (χ4v) is 5.38. The Morgan fingerprint density at radius 2 is 2.06 bits per heavy atom. The fraction of sp³-hybridized carbons (Fsp3) is 0.200. The van der Waals surface area contributed by atoms with Gasteiger partial charge in [-0.1, -0.05) is 18.2 Å². The van der Waals surface area contributed by atoms with Gasteiger partial charge in [-0.05, 0) is 30.7 Å². The van der Waals surface area contributed by atoms with E-state index in [1.165, 1.54) is 11.3 Å². The molecule has 1 fully saturated rings. The minimum Gasteiger partial charge on any atom is -0.439 e. The van der Waals surface area contributed by atoms with Crippen molar-refractivity contribution in [3.63, 3.8) is 0 Å². The molecule has 0 unspecified atom stereocenters. The van der Waals surface area contributed by atoms with Crippen LogP contribution in [-0.4, -0.2) is 47.2 Å². The Morgan fingerprint density at radius 1 is 1.22 bits per heavy atom. The molecule has 3 aromatic heterocycles. The lowest BCUT2D eigenvalue weighted by Crippen LogP contribution is -2.46. The Balaban J connectivity index is 1.35. The molecular weight excluding hydrogens is 480 g/mol. The van der Waals surface area contributed by atoms with Crippen molar-refractivity contribution in [3.05, 3.63) is 65.3 Å². The van der Waals surface area contributed by atoms with E-state index in [1.54, 1.807) is 29.4 Å². The van der Waals surface area contributed by atoms with Gasteiger partial charge in [0.25, 0.3) is 5.91 Å². The summed E-state index contributed by atoms with van der Waals surface area (Å²) in [6.07, 6.45) is 3.23. The molecule has 0 aliphatic carbocycles. The Bertz CT molecular complexity index is 1490. The first kappa shape index (κ1) is 22.4. The molecule has 36 heavy (non-hydrogen) atoms. The quantitative estimate of drug-likeness (QED) is 0.377. The number of thiophene rings is 1. The number of aromatic nitrogens is 2. The summed E-state index contributed by atoms with van der Waals surface area (Å²) < 4.78 is 11.2. The lowest BCUT2D eigenvalue weighted by molar-refractivity contribution is 0.0933. The van der Waals surface area contributed by atoms with E-state index in [0.29, 0.717) is 57.0 Å². The SMILES string of the molecule is Cc1cc(Oc2ccccc2)ncc1N1C(=O)Nc2c(C(=O)N[C@@H]3COC[C@@H]3N)sc3nccc1c23. The summed E-state index contributed by atoms with van der Waals surface area (Å²) in [5.74, 6) is 0.769. The summed E-state index contributed by atoms with van der Waals surface area (Å²) in [6, 6.07) is 11.9. The Labute approximate surface area is 210 Å². The van der Waals surface area contributed by atoms with E-state index in [0.717, 1.165) is 5.56 Å². The smallest absolute Gasteiger partial charge is 0.331 e. The van der Waals surface area contributed by atoms with Crippen LogP contribution in [0, 0.1) is 6.92 Å². The predicted octanol–water partition coefficient (Wildman–Crippen LogP) is 3.93. The minimum absolute atomic E-state index is 0.275. The van der Waals surface area contributed by atoms with Gasteiger partial charge in [-0.2, -0.15) is 0 Å². The van der Waals surface area contributed by atoms with Crippen LogP contribution in [0.4, 0.5) is 21.9 Å². The summed E-state index contributed by atoms with van der Waals surface area (Å²) in [5.41, 5.74) is 8.47. The van der Waals surface area contributed by atoms with Gasteiger partial charge in [0.2, 0.25) is 5.88 Å². The Morgan fingerprint density at radius 3 is 2.81 bits per heavy atom. The third kappa shape index (κ3) is 3.83. The average molecular weight is 503 g/mol. The first-order valence-corrected chi connectivity index (χ1v) is 12.2. The van der Waals surface area contributed by atoms with Crippen molar-refractivity contribution in [3.8, 4) is 11.6 Å². The number of carbonyl (C=O) groups excluding carboxylic acids is 2. The van der Waals surface area contributed by atoms with Gasteiger partial charge in [-0.3, -0.25) is 9.69 Å². The number of urea groups is 1. The largest absolute Gasteiger partial charge is 0.439 e. The van der Waals surface area contributed by atoms with Crippen LogP contribution in [0.3, 0.4) is 0 Å². The van der Waals surface area contributed by atoms with E-state index in [-0.39, 0.29) is 18.0 Å². The van der Waals surface area contributed by atoms with Gasteiger partial charge in [0.1, 0.15) is 15.5 Å². The molecule has 0 bridgehead atoms. The van der Waals surface area contributed by atoms with Crippen LogP contribution < -0.4 is 26.0 Å². The molecule has 10 nitrogen and oxygen atoms in total. The molecule has 11 heteroatoms. The van der Waals surface area contributed by atoms with Crippen LogP contribution in [0.25, 0.3) is 10.2 Å². The third-order valence-corrected chi connectivity index (χ3v) is 7.25. The van der Waals surface area contributed by atoms with Gasteiger partial charge in [-0.15, -0.1) is 11.3 Å². The van der Waals surface area contributed by atoms with Gasteiger partial charge < -0.3 is 25.8 Å². The van der Waals surface area contributed by atoms with Crippen molar-refractivity contribution in [2.75, 3.05) is 23.4 Å². The maximum Gasteiger partial charge on any atom is 0.331 e. The van der Waals surface area contributed by atoms with Crippen LogP contribution in [0.1, 0.15) is 15.2 Å². The zero-order chi connectivity index (χ0) is 24.8. The molecule has 1 saturated heterocycles. The molecule has 0 spiro atoms. The van der Waals surface area contributed by atoms with E-state index in [9.17, 15) is 9.59 Å². The van der Waals surface area contributed by atoms with Gasteiger partial charge >= 0.3 is 6.03 Å². The van der Waals surface area contributed by atoms with Gasteiger partial charge in [0.05, 0.1) is 53.9 Å². The number of anilines is 3. The predicted molar refractivity (Wildman–Crippen MR) is 136 cm³/mol. The van der Waals surface area contributed by atoms with Crippen LogP contribution in [-0.2, 0) is 4.74 Å². The Hall–Kier alpha value is -4.06. The summed E-state index contributed by atoms with van der Waals surface area (Å²) in [5, 5.41) is 6.51. The number of rotatable bonds is 5. The van der Waals surface area contributed by atoms with Crippen LogP contribution in [0.5, 0.6) is 11.6 Å². The van der Waals surface area contributed by atoms with Gasteiger partial charge in [0, 0.05) is 12.3 Å². The molecule has 0 radical (unpaired) electrons. The normalized spacial score (nSPS) is 18.8. The molecule has 4 N–H and O–H groups in total. The lowest BCUT2D eigenvalue weighted by atomic mass is 10.1. The molecule has 2 aliphatic rings. The van der Waals surface area contributed by atoms with Crippen molar-refractivity contribution in [2.24, 2.45) is 5.73 Å². The van der Waals surface area contributed by atoms with Crippen molar-refractivity contribution >= 4 is 50.6 Å². The molecule has 6 rings (SSSR count). The van der Waals surface area contributed by atoms with E-state index >= 15 is 0 Å². The molecule has 5 heterocycles. The van der Waals surface area contributed by atoms with E-state index < -0.39 is 6.03 Å². The minimum atomic E-state index is -0.398. The number of amides is 3. The number of aryl methyl sites for hydroxylation is 1. The standard InChI is InChI=1S/C25H22N6O4S/c1-13-9-19(35-14-5-3-2-4-6-14)28-10-18(13)31-17-7-8-27-24-20(17)21(30-25(31)33)22(36-24)23(32)29-16-12-34-11-15(16)26/h2-10,15-16H,11-12,26H2,1H3,(H,29,32)(H,30,33)/t15-,16+/m0/s1. The van der Waals surface area contributed by atoms with Crippen LogP contribution in [0.15, 0.2) is 54.9 Å². The molecule has 182 valence electrons. The molecule has 3 amide bonds. The highest BCUT2D eigenvalue weighted by atomic mass is 32.1. The number of nitrogens with zero attached hydrogens (tertiary/aromatic N) is 3. The van der Waals surface area contributed by atoms with Crippen molar-refractivity contribution < 1.29 is 19.1 Å². The topological polar surface area (TPSA) is 132 Å². The molecule has 2 atom stereocenters. The van der Waals surface area contributed by atoms with Gasteiger partial charge in [-0.25, -0.2) is 14.8 Å². The first-order chi connectivity index (χ1) is 17.5. The maximum absolute atomic E-state index is 13.4. The Kier molecular flexibility index (Phi) is 5.52. The molecule has 2 aliphatic heterocycles. The van der Waals surface area contributed by atoms with E-state index in [1.807, 2.05) is 37.3 Å². The number of hydrogen-bond acceptors (Lipinski definition) is 8. The molecule has 1 aromatic carbocycles. The zero-order valence-electron chi connectivity index (χ0n) is 19.2. The molecule has 4 aromatic rings. The monoisotopic (exact) mass is 502 g/mol. The highest BCUT2D eigenvalue weighted by Gasteiger charge is 2.35. The summed E-state index contributed by atoms with van der Waals surface area (Å²) in [6.45, 7) is 2.63. The van der Waals surface area contributed by atoms with Crippen molar-refractivity contribution in [1.82, 2.24) is 15.3 Å². The molecular formula is C25H22N6O4S. The highest BCUT2D eigenvalue weighted by Crippen LogP contribution is 2.46. The highest BCUT2D eigenvalue weighted by molar-refractivity contribution is 7.21. The number of ether oxygens (including phenoxy) is 2. The lowest BCUT2D eigenvalue weighted by Gasteiger charge is -2.29. The first-order valence-electron chi connectivity index (χ1n) is 11.4. The number of pyridine rings is 2. The second kappa shape index (κ2) is 8.86. The van der Waals surface area contributed by atoms with E-state index in [2.05, 4.69) is 20.6 Å². The molecule has 0 saturated carbocycles. The zero-order valence-corrected chi connectivity index (χ0v) is 20.0.